The first kappa shape index (κ1) is 21.4. The Bertz CT molecular complexity index is 1210. The first-order valence-electron chi connectivity index (χ1n) is 10.6. The average molecular weight is 427 g/mol. The van der Waals surface area contributed by atoms with Crippen LogP contribution in [0.25, 0.3) is 5.57 Å². The van der Waals surface area contributed by atoms with E-state index in [0.717, 1.165) is 23.1 Å². The molecule has 32 heavy (non-hydrogen) atoms. The number of amides is 2. The van der Waals surface area contributed by atoms with Crippen molar-refractivity contribution in [2.24, 2.45) is 0 Å². The molecule has 162 valence electrons. The Kier molecular flexibility index (Phi) is 5.82. The van der Waals surface area contributed by atoms with E-state index < -0.39 is 5.91 Å². The fourth-order valence-corrected chi connectivity index (χ4v) is 3.80. The maximum absolute atomic E-state index is 13.6. The highest BCUT2D eigenvalue weighted by atomic mass is 16.5. The summed E-state index contributed by atoms with van der Waals surface area (Å²) < 4.78 is 5.47. The molecule has 0 bridgehead atoms. The van der Waals surface area contributed by atoms with E-state index in [1.165, 1.54) is 4.90 Å². The van der Waals surface area contributed by atoms with Crippen molar-refractivity contribution in [2.45, 2.75) is 27.2 Å². The van der Waals surface area contributed by atoms with Crippen LogP contribution in [0.5, 0.6) is 5.75 Å². The minimum absolute atomic E-state index is 0.238. The Balaban J connectivity index is 1.83. The molecule has 0 fully saturated rings. The predicted molar refractivity (Wildman–Crippen MR) is 128 cm³/mol. The molecule has 2 amide bonds. The molecule has 1 heterocycles. The van der Waals surface area contributed by atoms with Crippen LogP contribution in [-0.4, -0.2) is 18.9 Å². The van der Waals surface area contributed by atoms with Crippen molar-refractivity contribution in [1.29, 1.82) is 0 Å². The number of ether oxygens (including phenoxy) is 1. The van der Waals surface area contributed by atoms with E-state index in [0.29, 0.717) is 28.3 Å². The highest BCUT2D eigenvalue weighted by Gasteiger charge is 2.40. The van der Waals surface area contributed by atoms with Gasteiger partial charge in [-0.2, -0.15) is 0 Å². The molecule has 3 aromatic rings. The summed E-state index contributed by atoms with van der Waals surface area (Å²) in [6.45, 7) is 6.01. The van der Waals surface area contributed by atoms with Gasteiger partial charge < -0.3 is 10.1 Å². The molecule has 0 saturated carbocycles. The van der Waals surface area contributed by atoms with Crippen molar-refractivity contribution in [3.8, 4) is 5.75 Å². The van der Waals surface area contributed by atoms with Gasteiger partial charge in [0, 0.05) is 0 Å². The number of hydrogen-bond acceptors (Lipinski definition) is 4. The van der Waals surface area contributed by atoms with Crippen molar-refractivity contribution in [1.82, 2.24) is 0 Å². The van der Waals surface area contributed by atoms with Gasteiger partial charge in [0.1, 0.15) is 11.4 Å². The zero-order valence-corrected chi connectivity index (χ0v) is 18.7. The van der Waals surface area contributed by atoms with Crippen molar-refractivity contribution in [3.05, 3.63) is 94.7 Å². The molecule has 4 rings (SSSR count). The summed E-state index contributed by atoms with van der Waals surface area (Å²) in [6.07, 6.45) is 0.884. The quantitative estimate of drug-likeness (QED) is 0.546. The molecule has 1 aliphatic rings. The van der Waals surface area contributed by atoms with Crippen LogP contribution in [-0.2, 0) is 16.0 Å². The van der Waals surface area contributed by atoms with Gasteiger partial charge in [0.2, 0.25) is 0 Å². The monoisotopic (exact) mass is 426 g/mol. The van der Waals surface area contributed by atoms with Gasteiger partial charge in [-0.25, -0.2) is 4.90 Å². The number of carbonyl (C=O) groups excluding carboxylic acids is 2. The highest BCUT2D eigenvalue weighted by molar-refractivity contribution is 6.46. The van der Waals surface area contributed by atoms with Crippen molar-refractivity contribution in [3.63, 3.8) is 0 Å². The zero-order valence-electron chi connectivity index (χ0n) is 18.7. The predicted octanol–water partition coefficient (Wildman–Crippen LogP) is 5.27. The lowest BCUT2D eigenvalue weighted by molar-refractivity contribution is -0.120. The van der Waals surface area contributed by atoms with Crippen LogP contribution < -0.4 is 15.0 Å². The van der Waals surface area contributed by atoms with Gasteiger partial charge in [-0.15, -0.1) is 0 Å². The first-order valence-corrected chi connectivity index (χ1v) is 10.6. The third-order valence-electron chi connectivity index (χ3n) is 5.64. The molecular weight excluding hydrogens is 400 g/mol. The third-order valence-corrected chi connectivity index (χ3v) is 5.64. The van der Waals surface area contributed by atoms with Crippen molar-refractivity contribution < 1.29 is 14.3 Å². The molecule has 3 aromatic carbocycles. The maximum atomic E-state index is 13.6. The van der Waals surface area contributed by atoms with Crippen molar-refractivity contribution in [2.75, 3.05) is 17.3 Å². The standard InChI is InChI=1S/C27H26N2O3/c1-5-19-9-13-21(14-10-19)29-26(30)24(20-11-6-17(2)7-12-20)25(27(29)31)28-22-16-18(3)8-15-23(22)32-4/h6-16,28H,5H2,1-4H3. The number of imide groups is 1. The SMILES string of the molecule is CCc1ccc(N2C(=O)C(Nc3cc(C)ccc3OC)=C(c3ccc(C)cc3)C2=O)cc1. The van der Waals surface area contributed by atoms with E-state index in [-0.39, 0.29) is 11.6 Å². The smallest absolute Gasteiger partial charge is 0.282 e. The van der Waals surface area contributed by atoms with E-state index in [1.807, 2.05) is 80.6 Å². The normalized spacial score (nSPS) is 13.7. The molecular formula is C27H26N2O3. The fraction of sp³-hybridized carbons (Fsp3) is 0.185. The summed E-state index contributed by atoms with van der Waals surface area (Å²) in [5.74, 6) is -0.145. The first-order chi connectivity index (χ1) is 15.4. The summed E-state index contributed by atoms with van der Waals surface area (Å²) in [5, 5.41) is 3.21. The Morgan fingerprint density at radius 3 is 2.12 bits per heavy atom. The topological polar surface area (TPSA) is 58.6 Å². The van der Waals surface area contributed by atoms with E-state index >= 15 is 0 Å². The molecule has 0 aliphatic carbocycles. The number of aryl methyl sites for hydroxylation is 3. The van der Waals surface area contributed by atoms with E-state index in [4.69, 9.17) is 4.74 Å². The number of hydrogen-bond donors (Lipinski definition) is 1. The molecule has 0 aromatic heterocycles. The summed E-state index contributed by atoms with van der Waals surface area (Å²) >= 11 is 0. The molecule has 0 saturated heterocycles. The number of nitrogens with one attached hydrogen (secondary N) is 1. The van der Waals surface area contributed by atoms with Gasteiger partial charge in [-0.05, 0) is 61.2 Å². The zero-order chi connectivity index (χ0) is 22.8. The number of benzene rings is 3. The molecule has 5 nitrogen and oxygen atoms in total. The van der Waals surface area contributed by atoms with Crippen LogP contribution in [0, 0.1) is 13.8 Å². The summed E-state index contributed by atoms with van der Waals surface area (Å²) in [6, 6.07) is 20.8. The maximum Gasteiger partial charge on any atom is 0.282 e. The van der Waals surface area contributed by atoms with Gasteiger partial charge >= 0.3 is 0 Å². The number of nitrogens with zero attached hydrogens (tertiary/aromatic N) is 1. The molecule has 0 radical (unpaired) electrons. The summed E-state index contributed by atoms with van der Waals surface area (Å²) in [7, 11) is 1.58. The van der Waals surface area contributed by atoms with Gasteiger partial charge in [0.05, 0.1) is 24.1 Å². The minimum Gasteiger partial charge on any atom is -0.495 e. The molecule has 0 atom stereocenters. The van der Waals surface area contributed by atoms with Crippen LogP contribution in [0.15, 0.2) is 72.4 Å². The van der Waals surface area contributed by atoms with Crippen molar-refractivity contribution >= 4 is 28.8 Å². The van der Waals surface area contributed by atoms with Crippen LogP contribution in [0.1, 0.15) is 29.2 Å². The number of methoxy groups -OCH3 is 1. The van der Waals surface area contributed by atoms with E-state index in [1.54, 1.807) is 7.11 Å². The number of anilines is 2. The lowest BCUT2D eigenvalue weighted by Gasteiger charge is -2.16. The Morgan fingerprint density at radius 1 is 0.844 bits per heavy atom. The number of carbonyl (C=O) groups is 2. The highest BCUT2D eigenvalue weighted by Crippen LogP contribution is 2.36. The number of rotatable bonds is 6. The molecule has 0 spiro atoms. The van der Waals surface area contributed by atoms with Gasteiger partial charge in [0.25, 0.3) is 11.8 Å². The average Bonchev–Trinajstić information content (AvgIpc) is 3.04. The van der Waals surface area contributed by atoms with E-state index in [9.17, 15) is 9.59 Å². The Morgan fingerprint density at radius 2 is 1.50 bits per heavy atom. The van der Waals surface area contributed by atoms with Crippen LogP contribution in [0.3, 0.4) is 0 Å². The minimum atomic E-state index is -0.390. The fourth-order valence-electron chi connectivity index (χ4n) is 3.80. The van der Waals surface area contributed by atoms with Gasteiger partial charge in [0.15, 0.2) is 0 Å². The molecule has 1 N–H and O–H groups in total. The largest absolute Gasteiger partial charge is 0.495 e. The van der Waals surface area contributed by atoms with Gasteiger partial charge in [-0.3, -0.25) is 9.59 Å². The van der Waals surface area contributed by atoms with Crippen LogP contribution in [0.2, 0.25) is 0 Å². The Hall–Kier alpha value is -3.86. The lowest BCUT2D eigenvalue weighted by atomic mass is 10.0. The van der Waals surface area contributed by atoms with E-state index in [2.05, 4.69) is 12.2 Å². The molecule has 0 unspecified atom stereocenters. The van der Waals surface area contributed by atoms with Crippen LogP contribution >= 0.6 is 0 Å². The second-order valence-corrected chi connectivity index (χ2v) is 7.91. The summed E-state index contributed by atoms with van der Waals surface area (Å²) in [4.78, 5) is 28.3. The lowest BCUT2D eigenvalue weighted by Crippen LogP contribution is -2.32. The molecule has 1 aliphatic heterocycles. The molecule has 5 heteroatoms. The Labute approximate surface area is 188 Å². The van der Waals surface area contributed by atoms with Crippen LogP contribution in [0.4, 0.5) is 11.4 Å². The third kappa shape index (κ3) is 3.89. The van der Waals surface area contributed by atoms with Gasteiger partial charge in [-0.1, -0.05) is 55.0 Å². The second-order valence-electron chi connectivity index (χ2n) is 7.91. The summed E-state index contributed by atoms with van der Waals surface area (Å²) in [5.41, 5.74) is 5.69. The second kappa shape index (κ2) is 8.71.